The number of aryl methyl sites for hydroxylation is 1. The van der Waals surface area contributed by atoms with E-state index >= 15 is 0 Å². The van der Waals surface area contributed by atoms with Gasteiger partial charge in [-0.25, -0.2) is 0 Å². The molecular weight excluding hydrogens is 462 g/mol. The van der Waals surface area contributed by atoms with Crippen molar-refractivity contribution in [2.75, 3.05) is 10.6 Å². The van der Waals surface area contributed by atoms with Crippen LogP contribution in [0.4, 0.5) is 16.4 Å². The lowest BCUT2D eigenvalue weighted by atomic mass is 9.72. The number of carbonyl (C=O) groups excluding carboxylic acids is 2. The van der Waals surface area contributed by atoms with Crippen LogP contribution in [-0.4, -0.2) is 16.7 Å². The quantitative estimate of drug-likeness (QED) is 0.309. The Morgan fingerprint density at radius 2 is 1.66 bits per heavy atom. The van der Waals surface area contributed by atoms with Crippen LogP contribution < -0.4 is 10.6 Å². The fourth-order valence-electron chi connectivity index (χ4n) is 4.39. The highest BCUT2D eigenvalue weighted by Gasteiger charge is 2.34. The number of hydrogen-bond donors (Lipinski definition) is 2. The number of nitrogens with zero attached hydrogens (tertiary/aromatic N) is 1. The second-order valence-electron chi connectivity index (χ2n) is 10.1. The molecule has 0 bridgehead atoms. The van der Waals surface area contributed by atoms with Crippen LogP contribution in [-0.2, 0) is 12.8 Å². The molecule has 2 amide bonds. The van der Waals surface area contributed by atoms with Crippen LogP contribution in [0.3, 0.4) is 0 Å². The summed E-state index contributed by atoms with van der Waals surface area (Å²) in [5.41, 5.74) is 3.65. The van der Waals surface area contributed by atoms with E-state index < -0.39 is 10.8 Å². The minimum absolute atomic E-state index is 0.0838. The van der Waals surface area contributed by atoms with Crippen LogP contribution in [0.15, 0.2) is 48.5 Å². The van der Waals surface area contributed by atoms with Gasteiger partial charge in [0.05, 0.1) is 10.5 Å². The highest BCUT2D eigenvalue weighted by Crippen LogP contribution is 2.44. The maximum absolute atomic E-state index is 13.4. The topological polar surface area (TPSA) is 101 Å². The molecule has 7 nitrogen and oxygen atoms in total. The molecule has 2 aromatic carbocycles. The number of carbonyl (C=O) groups is 2. The number of nitro benzene ring substituents is 1. The van der Waals surface area contributed by atoms with E-state index in [-0.39, 0.29) is 17.0 Å². The maximum Gasteiger partial charge on any atom is 0.269 e. The van der Waals surface area contributed by atoms with Crippen LogP contribution in [0.1, 0.15) is 63.9 Å². The first kappa shape index (κ1) is 24.6. The third-order valence-corrected chi connectivity index (χ3v) is 7.76. The lowest BCUT2D eigenvalue weighted by molar-refractivity contribution is -0.384. The summed E-state index contributed by atoms with van der Waals surface area (Å²) in [7, 11) is 0. The molecule has 0 fully saturated rings. The first-order valence-corrected chi connectivity index (χ1v) is 12.4. The lowest BCUT2D eigenvalue weighted by Gasteiger charge is -2.33. The van der Waals surface area contributed by atoms with Gasteiger partial charge in [-0.05, 0) is 67.3 Å². The number of amides is 2. The van der Waals surface area contributed by atoms with Gasteiger partial charge in [-0.1, -0.05) is 38.5 Å². The van der Waals surface area contributed by atoms with Crippen molar-refractivity contribution in [1.29, 1.82) is 0 Å². The predicted octanol–water partition coefficient (Wildman–Crippen LogP) is 6.62. The van der Waals surface area contributed by atoms with Gasteiger partial charge in [-0.15, -0.1) is 11.3 Å². The van der Waals surface area contributed by atoms with Crippen LogP contribution >= 0.6 is 11.3 Å². The van der Waals surface area contributed by atoms with Gasteiger partial charge in [0.15, 0.2) is 0 Å². The number of nitrogens with one attached hydrogen (secondary N) is 2. The van der Waals surface area contributed by atoms with E-state index in [1.807, 2.05) is 31.2 Å². The molecule has 3 aromatic rings. The molecular formula is C27H29N3O4S. The molecule has 4 rings (SSSR count). The van der Waals surface area contributed by atoms with Gasteiger partial charge in [0.1, 0.15) is 5.00 Å². The molecule has 1 aliphatic rings. The molecule has 0 aliphatic heterocycles. The fourth-order valence-corrected chi connectivity index (χ4v) is 5.71. The molecule has 0 radical (unpaired) electrons. The molecule has 0 saturated heterocycles. The summed E-state index contributed by atoms with van der Waals surface area (Å²) in [5, 5.41) is 17.3. The van der Waals surface area contributed by atoms with E-state index in [1.165, 1.54) is 35.6 Å². The van der Waals surface area contributed by atoms with Crippen LogP contribution in [0.5, 0.6) is 0 Å². The minimum atomic E-state index is -0.506. The number of rotatable bonds is 5. The monoisotopic (exact) mass is 491 g/mol. The number of benzene rings is 2. The SMILES string of the molecule is Cc1ccc(NC(=O)c2c(NC(=O)c3ccc([N+](=O)[O-])cc3)sc3c2CC[C@H](C(C)(C)C)C3)cc1. The summed E-state index contributed by atoms with van der Waals surface area (Å²) in [6.45, 7) is 8.69. The molecule has 0 unspecified atom stereocenters. The summed E-state index contributed by atoms with van der Waals surface area (Å²) < 4.78 is 0. The summed E-state index contributed by atoms with van der Waals surface area (Å²) in [6, 6.07) is 13.0. The Morgan fingerprint density at radius 1 is 1.00 bits per heavy atom. The summed E-state index contributed by atoms with van der Waals surface area (Å²) in [4.78, 5) is 38.0. The highest BCUT2D eigenvalue weighted by molar-refractivity contribution is 7.17. The lowest BCUT2D eigenvalue weighted by Crippen LogP contribution is -2.27. The Balaban J connectivity index is 1.66. The van der Waals surface area contributed by atoms with Crippen molar-refractivity contribution in [3.8, 4) is 0 Å². The Hall–Kier alpha value is -3.52. The van der Waals surface area contributed by atoms with Gasteiger partial charge in [0.2, 0.25) is 0 Å². The zero-order valence-corrected chi connectivity index (χ0v) is 21.1. The Bertz CT molecular complexity index is 1270. The first-order valence-electron chi connectivity index (χ1n) is 11.6. The predicted molar refractivity (Wildman–Crippen MR) is 139 cm³/mol. The van der Waals surface area contributed by atoms with Crippen LogP contribution in [0.25, 0.3) is 0 Å². The summed E-state index contributed by atoms with van der Waals surface area (Å²) in [5.74, 6) is -0.172. The average molecular weight is 492 g/mol. The van der Waals surface area contributed by atoms with E-state index in [0.717, 1.165) is 35.3 Å². The number of hydrogen-bond acceptors (Lipinski definition) is 5. The van der Waals surface area contributed by atoms with Gasteiger partial charge in [0.25, 0.3) is 17.5 Å². The van der Waals surface area contributed by atoms with Gasteiger partial charge in [-0.2, -0.15) is 0 Å². The van der Waals surface area contributed by atoms with E-state index in [1.54, 1.807) is 0 Å². The molecule has 1 aliphatic carbocycles. The third kappa shape index (κ3) is 5.43. The van der Waals surface area contributed by atoms with Gasteiger partial charge in [-0.3, -0.25) is 19.7 Å². The van der Waals surface area contributed by atoms with E-state index in [0.29, 0.717) is 27.7 Å². The highest BCUT2D eigenvalue weighted by atomic mass is 32.1. The standard InChI is InChI=1S/C27H29N3O4S/c1-16-5-10-19(11-6-16)28-25(32)23-21-14-9-18(27(2,3)4)15-22(21)35-26(23)29-24(31)17-7-12-20(13-8-17)30(33)34/h5-8,10-13,18H,9,14-15H2,1-4H3,(H,28,32)(H,29,31)/t18-/m0/s1. The number of fused-ring (bicyclic) bond motifs is 1. The van der Waals surface area contributed by atoms with Crippen molar-refractivity contribution in [2.24, 2.45) is 11.3 Å². The smallest absolute Gasteiger partial charge is 0.269 e. The molecule has 8 heteroatoms. The van der Waals surface area contributed by atoms with Gasteiger partial charge >= 0.3 is 0 Å². The van der Waals surface area contributed by atoms with Gasteiger partial charge < -0.3 is 10.6 Å². The number of non-ortho nitro benzene ring substituents is 1. The summed E-state index contributed by atoms with van der Waals surface area (Å²) >= 11 is 1.45. The van der Waals surface area contributed by atoms with E-state index in [4.69, 9.17) is 0 Å². The minimum Gasteiger partial charge on any atom is -0.322 e. The zero-order valence-electron chi connectivity index (χ0n) is 20.3. The molecule has 35 heavy (non-hydrogen) atoms. The molecule has 2 N–H and O–H groups in total. The molecule has 1 atom stereocenters. The van der Waals surface area contributed by atoms with Gasteiger partial charge in [0, 0.05) is 28.3 Å². The first-order chi connectivity index (χ1) is 16.5. The van der Waals surface area contributed by atoms with Crippen molar-refractivity contribution in [3.05, 3.63) is 85.8 Å². The van der Waals surface area contributed by atoms with Crippen LogP contribution in [0.2, 0.25) is 0 Å². The largest absolute Gasteiger partial charge is 0.322 e. The molecule has 1 aromatic heterocycles. The van der Waals surface area contributed by atoms with Crippen molar-refractivity contribution in [1.82, 2.24) is 0 Å². The maximum atomic E-state index is 13.4. The van der Waals surface area contributed by atoms with Crippen molar-refractivity contribution in [3.63, 3.8) is 0 Å². The van der Waals surface area contributed by atoms with E-state index in [9.17, 15) is 19.7 Å². The number of anilines is 2. The van der Waals surface area contributed by atoms with E-state index in [2.05, 4.69) is 31.4 Å². The molecule has 1 heterocycles. The normalized spacial score (nSPS) is 15.3. The second-order valence-corrected chi connectivity index (χ2v) is 11.2. The number of thiophene rings is 1. The Labute approximate surface area is 208 Å². The number of nitro groups is 1. The Morgan fingerprint density at radius 3 is 2.26 bits per heavy atom. The molecule has 0 saturated carbocycles. The van der Waals surface area contributed by atoms with Crippen LogP contribution in [0, 0.1) is 28.4 Å². The zero-order chi connectivity index (χ0) is 25.3. The fraction of sp³-hybridized carbons (Fsp3) is 0.333. The molecule has 182 valence electrons. The van der Waals surface area contributed by atoms with Crippen molar-refractivity contribution in [2.45, 2.75) is 47.0 Å². The average Bonchev–Trinajstić information content (AvgIpc) is 3.17. The van der Waals surface area contributed by atoms with Crippen molar-refractivity contribution >= 4 is 39.5 Å². The summed E-state index contributed by atoms with van der Waals surface area (Å²) in [6.07, 6.45) is 2.62. The second kappa shape index (κ2) is 9.62. The van der Waals surface area contributed by atoms with Crippen molar-refractivity contribution < 1.29 is 14.5 Å². The third-order valence-electron chi connectivity index (χ3n) is 6.59. The molecule has 0 spiro atoms. The Kier molecular flexibility index (Phi) is 6.76.